The maximum Gasteiger partial charge on any atom is 0.125 e. The molecule has 2 aromatic rings. The third-order valence-electron chi connectivity index (χ3n) is 5.33. The van der Waals surface area contributed by atoms with Gasteiger partial charge in [0.05, 0.1) is 18.8 Å². The molecule has 0 N–H and O–H groups in total. The van der Waals surface area contributed by atoms with Crippen LogP contribution in [0.4, 0.5) is 10.1 Å². The van der Waals surface area contributed by atoms with Gasteiger partial charge >= 0.3 is 0 Å². The Morgan fingerprint density at radius 2 is 2.20 bits per heavy atom. The van der Waals surface area contributed by atoms with Crippen LogP contribution in [0.2, 0.25) is 0 Å². The van der Waals surface area contributed by atoms with Gasteiger partial charge in [-0.1, -0.05) is 6.07 Å². The molecule has 5 nitrogen and oxygen atoms in total. The number of morpholine rings is 1. The number of nitrogens with zero attached hydrogens (tertiary/aromatic N) is 4. The molecule has 0 bridgehead atoms. The number of ether oxygens (including phenoxy) is 1. The van der Waals surface area contributed by atoms with E-state index >= 15 is 0 Å². The first-order valence-corrected chi connectivity index (χ1v) is 8.97. The van der Waals surface area contributed by atoms with Gasteiger partial charge < -0.3 is 14.2 Å². The number of imidazole rings is 1. The fourth-order valence-electron chi connectivity index (χ4n) is 4.05. The topological polar surface area (TPSA) is 33.5 Å². The van der Waals surface area contributed by atoms with Crippen LogP contribution in [0.1, 0.15) is 18.7 Å². The minimum Gasteiger partial charge on any atom is -0.370 e. The summed E-state index contributed by atoms with van der Waals surface area (Å²) in [6.45, 7) is 5.16. The molecule has 4 rings (SSSR count). The van der Waals surface area contributed by atoms with Crippen molar-refractivity contribution in [2.24, 2.45) is 7.05 Å². The van der Waals surface area contributed by atoms with Crippen LogP contribution in [0, 0.1) is 5.82 Å². The van der Waals surface area contributed by atoms with Crippen molar-refractivity contribution in [2.75, 3.05) is 37.7 Å². The van der Waals surface area contributed by atoms with Crippen molar-refractivity contribution in [3.05, 3.63) is 48.3 Å². The van der Waals surface area contributed by atoms with Crippen LogP contribution in [0.15, 0.2) is 36.7 Å². The Hall–Kier alpha value is -1.92. The van der Waals surface area contributed by atoms with Crippen molar-refractivity contribution in [3.8, 4) is 0 Å². The van der Waals surface area contributed by atoms with E-state index in [0.717, 1.165) is 63.7 Å². The molecule has 1 aromatic heterocycles. The predicted molar refractivity (Wildman–Crippen MR) is 95.0 cm³/mol. The highest BCUT2D eigenvalue weighted by Crippen LogP contribution is 2.32. The van der Waals surface area contributed by atoms with Gasteiger partial charge in [0, 0.05) is 51.3 Å². The quantitative estimate of drug-likeness (QED) is 0.856. The molecule has 2 aliphatic heterocycles. The highest BCUT2D eigenvalue weighted by Gasteiger charge is 2.40. The van der Waals surface area contributed by atoms with Crippen LogP contribution >= 0.6 is 0 Å². The van der Waals surface area contributed by atoms with Crippen molar-refractivity contribution in [1.29, 1.82) is 0 Å². The van der Waals surface area contributed by atoms with E-state index in [-0.39, 0.29) is 11.4 Å². The number of rotatable bonds is 3. The van der Waals surface area contributed by atoms with Gasteiger partial charge in [0.25, 0.3) is 0 Å². The van der Waals surface area contributed by atoms with Crippen molar-refractivity contribution >= 4 is 5.69 Å². The molecule has 0 saturated carbocycles. The predicted octanol–water partition coefficient (Wildman–Crippen LogP) is 2.43. The van der Waals surface area contributed by atoms with Crippen molar-refractivity contribution in [1.82, 2.24) is 14.5 Å². The van der Waals surface area contributed by atoms with Gasteiger partial charge in [0.15, 0.2) is 0 Å². The first-order valence-electron chi connectivity index (χ1n) is 8.97. The standard InChI is InChI=1S/C19H25FN4O/c1-22-9-7-21-18(22)13-23-10-11-25-19(14-23)6-3-8-24(15-19)17-5-2-4-16(20)12-17/h2,4-5,7,9,12H,3,6,8,10-11,13-15H2,1H3. The molecular formula is C19H25FN4O. The van der Waals surface area contributed by atoms with Crippen LogP contribution in [0.3, 0.4) is 0 Å². The fourth-order valence-corrected chi connectivity index (χ4v) is 4.05. The second-order valence-electron chi connectivity index (χ2n) is 7.20. The Bertz CT molecular complexity index is 730. The molecule has 6 heteroatoms. The number of aryl methyl sites for hydroxylation is 1. The minimum atomic E-state index is -0.182. The first-order chi connectivity index (χ1) is 12.1. The highest BCUT2D eigenvalue weighted by molar-refractivity contribution is 5.47. The Kier molecular flexibility index (Phi) is 4.48. The molecule has 3 heterocycles. The van der Waals surface area contributed by atoms with Gasteiger partial charge in [-0.3, -0.25) is 4.90 Å². The fraction of sp³-hybridized carbons (Fsp3) is 0.526. The van der Waals surface area contributed by atoms with E-state index in [0.29, 0.717) is 0 Å². The van der Waals surface area contributed by atoms with Gasteiger partial charge in [0.1, 0.15) is 11.6 Å². The molecule has 0 amide bonds. The van der Waals surface area contributed by atoms with Gasteiger partial charge in [-0.05, 0) is 31.0 Å². The number of hydrogen-bond acceptors (Lipinski definition) is 4. The normalized spacial score (nSPS) is 24.8. The van der Waals surface area contributed by atoms with Crippen LogP contribution in [0.25, 0.3) is 0 Å². The molecule has 1 atom stereocenters. The van der Waals surface area contributed by atoms with Crippen LogP contribution < -0.4 is 4.90 Å². The second-order valence-corrected chi connectivity index (χ2v) is 7.20. The lowest BCUT2D eigenvalue weighted by molar-refractivity contribution is -0.116. The van der Waals surface area contributed by atoms with E-state index in [9.17, 15) is 4.39 Å². The van der Waals surface area contributed by atoms with E-state index < -0.39 is 0 Å². The zero-order valence-electron chi connectivity index (χ0n) is 14.7. The summed E-state index contributed by atoms with van der Waals surface area (Å²) in [4.78, 5) is 9.14. The first kappa shape index (κ1) is 16.5. The van der Waals surface area contributed by atoms with Gasteiger partial charge in [-0.15, -0.1) is 0 Å². The average Bonchev–Trinajstić information content (AvgIpc) is 3.00. The third kappa shape index (κ3) is 3.55. The van der Waals surface area contributed by atoms with Crippen molar-refractivity contribution < 1.29 is 9.13 Å². The Morgan fingerprint density at radius 1 is 1.28 bits per heavy atom. The zero-order valence-corrected chi connectivity index (χ0v) is 14.7. The smallest absolute Gasteiger partial charge is 0.125 e. The average molecular weight is 344 g/mol. The van der Waals surface area contributed by atoms with E-state index in [1.165, 1.54) is 6.07 Å². The van der Waals surface area contributed by atoms with Crippen LogP contribution in [0.5, 0.6) is 0 Å². The second kappa shape index (κ2) is 6.77. The third-order valence-corrected chi connectivity index (χ3v) is 5.33. The largest absolute Gasteiger partial charge is 0.370 e. The van der Waals surface area contributed by atoms with E-state index in [1.54, 1.807) is 12.1 Å². The van der Waals surface area contributed by atoms with Crippen molar-refractivity contribution in [2.45, 2.75) is 25.0 Å². The van der Waals surface area contributed by atoms with E-state index in [1.807, 2.05) is 25.5 Å². The summed E-state index contributed by atoms with van der Waals surface area (Å²) in [5.74, 6) is 0.896. The molecule has 2 saturated heterocycles. The number of benzene rings is 1. The van der Waals surface area contributed by atoms with E-state index in [2.05, 4.69) is 19.4 Å². The van der Waals surface area contributed by atoms with Gasteiger partial charge in [-0.2, -0.15) is 0 Å². The molecule has 1 unspecified atom stereocenters. The summed E-state index contributed by atoms with van der Waals surface area (Å²) in [7, 11) is 2.03. The lowest BCUT2D eigenvalue weighted by atomic mass is 9.90. The molecule has 1 aromatic carbocycles. The lowest BCUT2D eigenvalue weighted by Gasteiger charge is -2.48. The molecule has 0 radical (unpaired) electrons. The summed E-state index contributed by atoms with van der Waals surface area (Å²) >= 11 is 0. The Labute approximate surface area is 148 Å². The molecule has 2 aliphatic rings. The maximum atomic E-state index is 13.6. The molecule has 2 fully saturated rings. The monoisotopic (exact) mass is 344 g/mol. The number of anilines is 1. The molecule has 134 valence electrons. The summed E-state index contributed by atoms with van der Waals surface area (Å²) in [5.41, 5.74) is 0.775. The maximum absolute atomic E-state index is 13.6. The molecule has 1 spiro atoms. The number of hydrogen-bond donors (Lipinski definition) is 0. The summed E-state index contributed by atoms with van der Waals surface area (Å²) in [5, 5.41) is 0. The Balaban J connectivity index is 1.47. The number of halogens is 1. The summed E-state index contributed by atoms with van der Waals surface area (Å²) in [6.07, 6.45) is 5.94. The lowest BCUT2D eigenvalue weighted by Crippen LogP contribution is -2.59. The SMILES string of the molecule is Cn1ccnc1CN1CCOC2(CCCN(c3cccc(F)c3)C2)C1. The van der Waals surface area contributed by atoms with Gasteiger partial charge in [0.2, 0.25) is 0 Å². The number of aromatic nitrogens is 2. The zero-order chi connectivity index (χ0) is 17.3. The summed E-state index contributed by atoms with van der Waals surface area (Å²) < 4.78 is 21.9. The van der Waals surface area contributed by atoms with Crippen LogP contribution in [-0.4, -0.2) is 52.8 Å². The van der Waals surface area contributed by atoms with Crippen LogP contribution in [-0.2, 0) is 18.3 Å². The molecular weight excluding hydrogens is 319 g/mol. The van der Waals surface area contributed by atoms with Crippen molar-refractivity contribution in [3.63, 3.8) is 0 Å². The highest BCUT2D eigenvalue weighted by atomic mass is 19.1. The minimum absolute atomic E-state index is 0.173. The number of piperidine rings is 1. The Morgan fingerprint density at radius 3 is 3.00 bits per heavy atom. The van der Waals surface area contributed by atoms with E-state index in [4.69, 9.17) is 4.74 Å². The molecule has 0 aliphatic carbocycles. The molecule has 25 heavy (non-hydrogen) atoms. The summed E-state index contributed by atoms with van der Waals surface area (Å²) in [6, 6.07) is 6.88. The van der Waals surface area contributed by atoms with Gasteiger partial charge in [-0.25, -0.2) is 9.37 Å².